The highest BCUT2D eigenvalue weighted by molar-refractivity contribution is 7.14. The zero-order valence-corrected chi connectivity index (χ0v) is 14.5. The van der Waals surface area contributed by atoms with E-state index in [4.69, 9.17) is 0 Å². The highest BCUT2D eigenvalue weighted by atomic mass is 32.1. The number of piperazine rings is 1. The molecule has 0 spiro atoms. The van der Waals surface area contributed by atoms with E-state index in [0.29, 0.717) is 32.6 Å². The summed E-state index contributed by atoms with van der Waals surface area (Å²) in [6, 6.07) is 1.95. The topological polar surface area (TPSA) is 65.5 Å². The third-order valence-electron chi connectivity index (χ3n) is 3.79. The van der Waals surface area contributed by atoms with Crippen molar-refractivity contribution in [3.05, 3.63) is 27.9 Å². The minimum Gasteiger partial charge on any atom is -0.341 e. The maximum atomic E-state index is 12.4. The number of carbonyl (C=O) groups excluding carboxylic acids is 2. The first kappa shape index (κ1) is 15.9. The van der Waals surface area contributed by atoms with Crippen molar-refractivity contribution >= 4 is 34.6 Å². The number of amides is 3. The van der Waals surface area contributed by atoms with E-state index in [1.54, 1.807) is 34.6 Å². The SMILES string of the molecule is CNC(=O)N1CCN(C(=O)Cc2csc(-c3ccsc3)n2)CC1. The van der Waals surface area contributed by atoms with Crippen LogP contribution in [0, 0.1) is 0 Å². The molecule has 3 heterocycles. The average molecular weight is 350 g/mol. The molecule has 8 heteroatoms. The molecule has 0 saturated carbocycles. The number of aromatic nitrogens is 1. The van der Waals surface area contributed by atoms with E-state index in [2.05, 4.69) is 15.7 Å². The van der Waals surface area contributed by atoms with Crippen molar-refractivity contribution in [1.82, 2.24) is 20.1 Å². The largest absolute Gasteiger partial charge is 0.341 e. The molecule has 3 rings (SSSR count). The fourth-order valence-corrected chi connectivity index (χ4v) is 4.02. The lowest BCUT2D eigenvalue weighted by atomic mass is 10.2. The summed E-state index contributed by atoms with van der Waals surface area (Å²) in [6.45, 7) is 2.30. The number of urea groups is 1. The molecule has 1 N–H and O–H groups in total. The van der Waals surface area contributed by atoms with Crippen molar-refractivity contribution in [2.24, 2.45) is 0 Å². The Morgan fingerprint density at radius 3 is 2.61 bits per heavy atom. The molecule has 3 amide bonds. The van der Waals surface area contributed by atoms with Gasteiger partial charge in [0.25, 0.3) is 0 Å². The zero-order valence-electron chi connectivity index (χ0n) is 12.8. The third kappa shape index (κ3) is 3.70. The number of hydrogen-bond acceptors (Lipinski definition) is 5. The monoisotopic (exact) mass is 350 g/mol. The maximum Gasteiger partial charge on any atom is 0.317 e. The summed E-state index contributed by atoms with van der Waals surface area (Å²) in [5.41, 5.74) is 1.92. The van der Waals surface area contributed by atoms with Crippen LogP contribution in [-0.4, -0.2) is 59.9 Å². The highest BCUT2D eigenvalue weighted by Crippen LogP contribution is 2.26. The second-order valence-corrected chi connectivity index (χ2v) is 6.89. The van der Waals surface area contributed by atoms with Crippen molar-refractivity contribution in [2.45, 2.75) is 6.42 Å². The van der Waals surface area contributed by atoms with E-state index < -0.39 is 0 Å². The van der Waals surface area contributed by atoms with E-state index in [1.165, 1.54) is 0 Å². The summed E-state index contributed by atoms with van der Waals surface area (Å²) < 4.78 is 0. The van der Waals surface area contributed by atoms with Crippen LogP contribution in [0.4, 0.5) is 4.79 Å². The molecular formula is C15H18N4O2S2. The van der Waals surface area contributed by atoms with Crippen LogP contribution in [0.15, 0.2) is 22.2 Å². The number of nitrogens with one attached hydrogen (secondary N) is 1. The average Bonchev–Trinajstić information content (AvgIpc) is 3.25. The zero-order chi connectivity index (χ0) is 16.2. The van der Waals surface area contributed by atoms with Crippen LogP contribution in [0.25, 0.3) is 10.6 Å². The van der Waals surface area contributed by atoms with Gasteiger partial charge in [0, 0.05) is 49.6 Å². The van der Waals surface area contributed by atoms with Crippen molar-refractivity contribution in [2.75, 3.05) is 33.2 Å². The molecule has 0 atom stereocenters. The van der Waals surface area contributed by atoms with Crippen LogP contribution in [0.3, 0.4) is 0 Å². The Morgan fingerprint density at radius 1 is 1.22 bits per heavy atom. The number of thiazole rings is 1. The molecule has 0 unspecified atom stereocenters. The smallest absolute Gasteiger partial charge is 0.317 e. The summed E-state index contributed by atoms with van der Waals surface area (Å²) in [5, 5.41) is 9.60. The molecule has 122 valence electrons. The van der Waals surface area contributed by atoms with Gasteiger partial charge in [-0.3, -0.25) is 4.79 Å². The Bertz CT molecular complexity index is 675. The quantitative estimate of drug-likeness (QED) is 0.919. The number of nitrogens with zero attached hydrogens (tertiary/aromatic N) is 3. The molecule has 0 aromatic carbocycles. The molecule has 0 aliphatic carbocycles. The van der Waals surface area contributed by atoms with Crippen LogP contribution >= 0.6 is 22.7 Å². The Balaban J connectivity index is 1.55. The lowest BCUT2D eigenvalue weighted by Gasteiger charge is -2.34. The summed E-state index contributed by atoms with van der Waals surface area (Å²) in [6.07, 6.45) is 0.320. The van der Waals surface area contributed by atoms with Gasteiger partial charge in [-0.1, -0.05) is 0 Å². The predicted molar refractivity (Wildman–Crippen MR) is 91.7 cm³/mol. The highest BCUT2D eigenvalue weighted by Gasteiger charge is 2.24. The number of carbonyl (C=O) groups is 2. The predicted octanol–water partition coefficient (Wildman–Crippen LogP) is 1.90. The van der Waals surface area contributed by atoms with Gasteiger partial charge in [0.1, 0.15) is 5.01 Å². The lowest BCUT2D eigenvalue weighted by Crippen LogP contribution is -2.52. The summed E-state index contributed by atoms with van der Waals surface area (Å²) in [7, 11) is 1.62. The van der Waals surface area contributed by atoms with E-state index in [-0.39, 0.29) is 11.9 Å². The van der Waals surface area contributed by atoms with Gasteiger partial charge < -0.3 is 15.1 Å². The second-order valence-electron chi connectivity index (χ2n) is 5.26. The first-order valence-electron chi connectivity index (χ1n) is 7.39. The molecule has 1 fully saturated rings. The van der Waals surface area contributed by atoms with E-state index >= 15 is 0 Å². The molecular weight excluding hydrogens is 332 g/mol. The van der Waals surface area contributed by atoms with Crippen molar-refractivity contribution in [3.8, 4) is 10.6 Å². The Labute approximate surface area is 142 Å². The summed E-state index contributed by atoms with van der Waals surface area (Å²) in [5.74, 6) is 0.0729. The van der Waals surface area contributed by atoms with Gasteiger partial charge in [0.2, 0.25) is 5.91 Å². The fraction of sp³-hybridized carbons (Fsp3) is 0.400. The van der Waals surface area contributed by atoms with Crippen LogP contribution < -0.4 is 5.32 Å². The lowest BCUT2D eigenvalue weighted by molar-refractivity contribution is -0.131. The van der Waals surface area contributed by atoms with Crippen molar-refractivity contribution in [3.63, 3.8) is 0 Å². The van der Waals surface area contributed by atoms with Crippen LogP contribution in [0.2, 0.25) is 0 Å². The fourth-order valence-electron chi connectivity index (χ4n) is 2.49. The molecule has 6 nitrogen and oxygen atoms in total. The molecule has 0 bridgehead atoms. The number of hydrogen-bond donors (Lipinski definition) is 1. The third-order valence-corrected chi connectivity index (χ3v) is 5.41. The van der Waals surface area contributed by atoms with Gasteiger partial charge >= 0.3 is 6.03 Å². The molecule has 1 saturated heterocycles. The first-order valence-corrected chi connectivity index (χ1v) is 9.21. The molecule has 2 aromatic heterocycles. The Morgan fingerprint density at radius 2 is 1.96 bits per heavy atom. The second kappa shape index (κ2) is 7.10. The normalized spacial score (nSPS) is 14.8. The van der Waals surface area contributed by atoms with Crippen LogP contribution in [0.5, 0.6) is 0 Å². The van der Waals surface area contributed by atoms with Gasteiger partial charge in [-0.25, -0.2) is 9.78 Å². The van der Waals surface area contributed by atoms with E-state index in [9.17, 15) is 9.59 Å². The van der Waals surface area contributed by atoms with Gasteiger partial charge in [-0.2, -0.15) is 11.3 Å². The molecule has 1 aliphatic rings. The van der Waals surface area contributed by atoms with Gasteiger partial charge in [-0.15, -0.1) is 11.3 Å². The molecule has 23 heavy (non-hydrogen) atoms. The standard InChI is InChI=1S/C15H18N4O2S2/c1-16-15(21)19-5-3-18(4-6-19)13(20)8-12-10-23-14(17-12)11-2-7-22-9-11/h2,7,9-10H,3-6,8H2,1H3,(H,16,21). The molecule has 1 aliphatic heterocycles. The van der Waals surface area contributed by atoms with Crippen molar-refractivity contribution in [1.29, 1.82) is 0 Å². The Kier molecular flexibility index (Phi) is 4.92. The van der Waals surface area contributed by atoms with E-state index in [1.807, 2.05) is 21.7 Å². The van der Waals surface area contributed by atoms with Gasteiger partial charge in [0.15, 0.2) is 0 Å². The minimum atomic E-state index is -0.0861. The summed E-state index contributed by atoms with van der Waals surface area (Å²) >= 11 is 3.21. The van der Waals surface area contributed by atoms with Crippen molar-refractivity contribution < 1.29 is 9.59 Å². The molecule has 2 aromatic rings. The van der Waals surface area contributed by atoms with E-state index in [0.717, 1.165) is 16.3 Å². The van der Waals surface area contributed by atoms with Crippen LogP contribution in [0.1, 0.15) is 5.69 Å². The minimum absolute atomic E-state index is 0.0729. The number of rotatable bonds is 3. The maximum absolute atomic E-state index is 12.4. The first-order chi connectivity index (χ1) is 11.2. The van der Waals surface area contributed by atoms with Crippen LogP contribution in [-0.2, 0) is 11.2 Å². The number of thiophene rings is 1. The Hall–Kier alpha value is -1.93. The van der Waals surface area contributed by atoms with Gasteiger partial charge in [0.05, 0.1) is 12.1 Å². The van der Waals surface area contributed by atoms with Gasteiger partial charge in [-0.05, 0) is 11.4 Å². The summed E-state index contributed by atoms with van der Waals surface area (Å²) in [4.78, 5) is 32.0. The molecule has 0 radical (unpaired) electrons.